The van der Waals surface area contributed by atoms with Gasteiger partial charge in [0, 0.05) is 24.5 Å². The van der Waals surface area contributed by atoms with E-state index in [-0.39, 0.29) is 0 Å². The molecule has 0 spiro atoms. The largest absolute Gasteiger partial charge is 0.383 e. The van der Waals surface area contributed by atoms with Crippen molar-refractivity contribution in [2.24, 2.45) is 7.05 Å². The van der Waals surface area contributed by atoms with Gasteiger partial charge in [-0.3, -0.25) is 4.68 Å². The minimum Gasteiger partial charge on any atom is -0.383 e. The molecule has 0 saturated carbocycles. The molecule has 2 N–H and O–H groups in total. The van der Waals surface area contributed by atoms with Crippen molar-refractivity contribution in [1.82, 2.24) is 24.3 Å². The lowest BCUT2D eigenvalue weighted by molar-refractivity contribution is 0.761. The van der Waals surface area contributed by atoms with Crippen LogP contribution in [0.5, 0.6) is 0 Å². The number of nitrogens with two attached hydrogens (primary N) is 1. The highest BCUT2D eigenvalue weighted by Gasteiger charge is 2.16. The van der Waals surface area contributed by atoms with Crippen molar-refractivity contribution in [2.45, 2.75) is 27.3 Å². The number of hydrogen-bond donors (Lipinski definition) is 1. The molecule has 104 valence electrons. The molecule has 0 atom stereocenters. The molecule has 0 radical (unpaired) electrons. The van der Waals surface area contributed by atoms with Gasteiger partial charge in [0.15, 0.2) is 0 Å². The third-order valence-electron chi connectivity index (χ3n) is 3.71. The molecule has 0 fully saturated rings. The molecule has 0 amide bonds. The molecule has 0 bridgehead atoms. The van der Waals surface area contributed by atoms with Crippen LogP contribution in [0, 0.1) is 20.8 Å². The lowest BCUT2D eigenvalue weighted by atomic mass is 10.2. The molecule has 3 rings (SSSR count). The summed E-state index contributed by atoms with van der Waals surface area (Å²) in [7, 11) is 1.92. The van der Waals surface area contributed by atoms with Gasteiger partial charge in [-0.05, 0) is 26.3 Å². The number of nitrogens with zero attached hydrogens (tertiary/aromatic N) is 5. The van der Waals surface area contributed by atoms with Crippen LogP contribution in [0.3, 0.4) is 0 Å². The maximum absolute atomic E-state index is 6.06. The molecule has 0 aliphatic carbocycles. The summed E-state index contributed by atoms with van der Waals surface area (Å²) in [6, 6.07) is 0. The second-order valence-corrected chi connectivity index (χ2v) is 5.17. The van der Waals surface area contributed by atoms with Crippen LogP contribution in [0.2, 0.25) is 0 Å². The molecule has 0 aromatic carbocycles. The number of nitrogen functional groups attached to an aromatic ring is 1. The molecular formula is C14H18N6. The Kier molecular flexibility index (Phi) is 2.74. The van der Waals surface area contributed by atoms with E-state index >= 15 is 0 Å². The van der Waals surface area contributed by atoms with Crippen LogP contribution in [0.25, 0.3) is 11.0 Å². The Bertz CT molecular complexity index is 796. The molecule has 6 nitrogen and oxygen atoms in total. The van der Waals surface area contributed by atoms with Gasteiger partial charge in [-0.25, -0.2) is 9.97 Å². The molecule has 3 aromatic heterocycles. The third-order valence-corrected chi connectivity index (χ3v) is 3.71. The van der Waals surface area contributed by atoms with E-state index in [9.17, 15) is 0 Å². The van der Waals surface area contributed by atoms with Crippen LogP contribution in [-0.4, -0.2) is 24.3 Å². The van der Waals surface area contributed by atoms with Crippen molar-refractivity contribution in [3.05, 3.63) is 35.0 Å². The molecule has 0 saturated heterocycles. The SMILES string of the molecule is Cc1nc(N)c2c(C)c(C)n(Cc3cnn(C)c3)c2n1. The van der Waals surface area contributed by atoms with E-state index in [2.05, 4.69) is 33.5 Å². The van der Waals surface area contributed by atoms with Gasteiger partial charge in [-0.15, -0.1) is 0 Å². The molecule has 6 heteroatoms. The number of fused-ring (bicyclic) bond motifs is 1. The van der Waals surface area contributed by atoms with Gasteiger partial charge in [0.25, 0.3) is 0 Å². The van der Waals surface area contributed by atoms with Crippen LogP contribution in [0.1, 0.15) is 22.6 Å². The van der Waals surface area contributed by atoms with Crippen molar-refractivity contribution in [1.29, 1.82) is 0 Å². The standard InChI is InChI=1S/C14H18N6/c1-8-9(2)20(7-11-5-16-19(4)6-11)14-12(8)13(15)17-10(3)18-14/h5-6H,7H2,1-4H3,(H2,15,17,18). The molecule has 0 unspecified atom stereocenters. The van der Waals surface area contributed by atoms with Gasteiger partial charge in [0.1, 0.15) is 17.3 Å². The van der Waals surface area contributed by atoms with Gasteiger partial charge in [-0.1, -0.05) is 0 Å². The highest BCUT2D eigenvalue weighted by atomic mass is 15.2. The summed E-state index contributed by atoms with van der Waals surface area (Å²) in [5.74, 6) is 1.25. The maximum atomic E-state index is 6.06. The first-order valence-electron chi connectivity index (χ1n) is 6.54. The van der Waals surface area contributed by atoms with Crippen LogP contribution in [0.4, 0.5) is 5.82 Å². The highest BCUT2D eigenvalue weighted by Crippen LogP contribution is 2.28. The summed E-state index contributed by atoms with van der Waals surface area (Å²) in [4.78, 5) is 8.83. The Morgan fingerprint density at radius 3 is 2.60 bits per heavy atom. The van der Waals surface area contributed by atoms with E-state index in [0.29, 0.717) is 11.6 Å². The van der Waals surface area contributed by atoms with Crippen LogP contribution in [-0.2, 0) is 13.6 Å². The van der Waals surface area contributed by atoms with Crippen LogP contribution in [0.15, 0.2) is 12.4 Å². The van der Waals surface area contributed by atoms with Gasteiger partial charge in [-0.2, -0.15) is 5.10 Å². The second-order valence-electron chi connectivity index (χ2n) is 5.17. The van der Waals surface area contributed by atoms with E-state index in [1.165, 1.54) is 0 Å². The van der Waals surface area contributed by atoms with Gasteiger partial charge in [0.05, 0.1) is 18.1 Å². The minimum atomic E-state index is 0.554. The normalized spacial score (nSPS) is 11.4. The molecule has 0 aliphatic heterocycles. The van der Waals surface area contributed by atoms with Crippen molar-refractivity contribution in [3.63, 3.8) is 0 Å². The van der Waals surface area contributed by atoms with Gasteiger partial charge < -0.3 is 10.3 Å². The fraction of sp³-hybridized carbons (Fsp3) is 0.357. The summed E-state index contributed by atoms with van der Waals surface area (Å²) < 4.78 is 3.98. The van der Waals surface area contributed by atoms with Gasteiger partial charge in [0.2, 0.25) is 0 Å². The van der Waals surface area contributed by atoms with Crippen LogP contribution < -0.4 is 5.73 Å². The Hall–Kier alpha value is -2.37. The Morgan fingerprint density at radius 2 is 1.95 bits per heavy atom. The predicted octanol–water partition coefficient (Wildman–Crippen LogP) is 1.72. The summed E-state index contributed by atoms with van der Waals surface area (Å²) in [6.45, 7) is 6.75. The number of aromatic nitrogens is 5. The Balaban J connectivity index is 2.22. The third kappa shape index (κ3) is 1.84. The van der Waals surface area contributed by atoms with E-state index in [1.54, 1.807) is 4.68 Å². The zero-order valence-corrected chi connectivity index (χ0v) is 12.2. The number of rotatable bonds is 2. The molecule has 0 aliphatic rings. The average Bonchev–Trinajstić information content (AvgIpc) is 2.87. The zero-order valence-electron chi connectivity index (χ0n) is 12.2. The highest BCUT2D eigenvalue weighted by molar-refractivity contribution is 5.91. The summed E-state index contributed by atoms with van der Waals surface area (Å²) in [5.41, 5.74) is 10.4. The van der Waals surface area contributed by atoms with Crippen molar-refractivity contribution >= 4 is 16.9 Å². The number of aryl methyl sites for hydroxylation is 3. The molecule has 3 heterocycles. The second kappa shape index (κ2) is 4.33. The fourth-order valence-corrected chi connectivity index (χ4v) is 2.61. The lowest BCUT2D eigenvalue weighted by Crippen LogP contribution is -2.04. The minimum absolute atomic E-state index is 0.554. The van der Waals surface area contributed by atoms with E-state index in [1.807, 2.05) is 26.4 Å². The average molecular weight is 270 g/mol. The number of anilines is 1. The summed E-state index contributed by atoms with van der Waals surface area (Å²) in [5, 5.41) is 5.17. The fourth-order valence-electron chi connectivity index (χ4n) is 2.61. The molecule has 20 heavy (non-hydrogen) atoms. The first kappa shape index (κ1) is 12.7. The topological polar surface area (TPSA) is 74.5 Å². The van der Waals surface area contributed by atoms with Gasteiger partial charge >= 0.3 is 0 Å². The van der Waals surface area contributed by atoms with Crippen molar-refractivity contribution in [3.8, 4) is 0 Å². The van der Waals surface area contributed by atoms with E-state index in [4.69, 9.17) is 5.73 Å². The first-order chi connectivity index (χ1) is 9.47. The number of hydrogen-bond acceptors (Lipinski definition) is 4. The Morgan fingerprint density at radius 1 is 1.20 bits per heavy atom. The van der Waals surface area contributed by atoms with E-state index in [0.717, 1.165) is 34.4 Å². The molecular weight excluding hydrogens is 252 g/mol. The zero-order chi connectivity index (χ0) is 14.4. The summed E-state index contributed by atoms with van der Waals surface area (Å²) in [6.07, 6.45) is 3.88. The predicted molar refractivity (Wildman–Crippen MR) is 78.5 cm³/mol. The van der Waals surface area contributed by atoms with Crippen LogP contribution >= 0.6 is 0 Å². The lowest BCUT2D eigenvalue weighted by Gasteiger charge is -2.06. The Labute approximate surface area is 117 Å². The first-order valence-corrected chi connectivity index (χ1v) is 6.54. The molecule has 3 aromatic rings. The monoisotopic (exact) mass is 270 g/mol. The quantitative estimate of drug-likeness (QED) is 0.769. The van der Waals surface area contributed by atoms with Crippen molar-refractivity contribution < 1.29 is 0 Å². The maximum Gasteiger partial charge on any atom is 0.146 e. The van der Waals surface area contributed by atoms with Crippen molar-refractivity contribution in [2.75, 3.05) is 5.73 Å². The summed E-state index contributed by atoms with van der Waals surface area (Å²) >= 11 is 0. The van der Waals surface area contributed by atoms with E-state index < -0.39 is 0 Å². The smallest absolute Gasteiger partial charge is 0.146 e.